The van der Waals surface area contributed by atoms with Crippen LogP contribution in [0.5, 0.6) is 0 Å². The summed E-state index contributed by atoms with van der Waals surface area (Å²) in [5.41, 5.74) is 0. The minimum atomic E-state index is 0. The summed E-state index contributed by atoms with van der Waals surface area (Å²) >= 11 is 0. The molecular formula is C7H8MgO. The fourth-order valence-electron chi connectivity index (χ4n) is 0.342. The largest absolute Gasteiger partial charge is 2.00 e. The molecule has 9 heavy (non-hydrogen) atoms. The summed E-state index contributed by atoms with van der Waals surface area (Å²) in [5.74, 6) is 0. The fourth-order valence-corrected chi connectivity index (χ4v) is 0.342. The first-order chi connectivity index (χ1) is 4.00. The molecule has 0 radical (unpaired) electrons. The van der Waals surface area contributed by atoms with Crippen LogP contribution in [0, 0.1) is 6.07 Å². The number of rotatable bonds is 0. The van der Waals surface area contributed by atoms with E-state index in [1.54, 1.807) is 0 Å². The molecule has 0 spiro atoms. The van der Waals surface area contributed by atoms with Gasteiger partial charge in [-0.1, -0.05) is 0 Å². The smallest absolute Gasteiger partial charge is 0.857 e. The van der Waals surface area contributed by atoms with Crippen LogP contribution in [-0.2, 0) is 0 Å². The van der Waals surface area contributed by atoms with E-state index >= 15 is 0 Å². The first-order valence-corrected chi connectivity index (χ1v) is 2.32. The van der Waals surface area contributed by atoms with Gasteiger partial charge in [0.2, 0.25) is 0 Å². The standard InChI is InChI=1S/C6H5.CH3O.Mg/c1-2-4-6-5-3-1;1-2;/h1-5H;1H3;/q2*-1;+2. The third-order valence-corrected chi connectivity index (χ3v) is 0.607. The van der Waals surface area contributed by atoms with E-state index in [-0.39, 0.29) is 23.1 Å². The summed E-state index contributed by atoms with van der Waals surface area (Å²) in [4.78, 5) is 0. The summed E-state index contributed by atoms with van der Waals surface area (Å²) in [6.07, 6.45) is 0. The molecule has 0 fully saturated rings. The van der Waals surface area contributed by atoms with Crippen molar-refractivity contribution in [3.8, 4) is 0 Å². The Labute approximate surface area is 71.9 Å². The molecule has 0 saturated carbocycles. The van der Waals surface area contributed by atoms with Crippen molar-refractivity contribution < 1.29 is 5.11 Å². The third kappa shape index (κ3) is 7.95. The Morgan fingerprint density at radius 3 is 1.56 bits per heavy atom. The van der Waals surface area contributed by atoms with Gasteiger partial charge in [0.1, 0.15) is 0 Å². The monoisotopic (exact) mass is 132 g/mol. The summed E-state index contributed by atoms with van der Waals surface area (Å²) in [7, 11) is 0.750. The van der Waals surface area contributed by atoms with E-state index in [1.165, 1.54) is 0 Å². The maximum Gasteiger partial charge on any atom is 2.00 e. The van der Waals surface area contributed by atoms with Gasteiger partial charge in [0.05, 0.1) is 0 Å². The van der Waals surface area contributed by atoms with Crippen LogP contribution in [0.1, 0.15) is 0 Å². The zero-order chi connectivity index (χ0) is 6.24. The molecule has 1 aromatic rings. The molecule has 1 nitrogen and oxygen atoms in total. The van der Waals surface area contributed by atoms with Gasteiger partial charge in [0.25, 0.3) is 0 Å². The average Bonchev–Trinajstić information content (AvgIpc) is 1.96. The van der Waals surface area contributed by atoms with Gasteiger partial charge in [-0.3, -0.25) is 0 Å². The predicted molar refractivity (Wildman–Crippen MR) is 37.0 cm³/mol. The van der Waals surface area contributed by atoms with Crippen LogP contribution in [0.4, 0.5) is 0 Å². The molecule has 0 aliphatic rings. The molecule has 44 valence electrons. The molecule has 0 bridgehead atoms. The van der Waals surface area contributed by atoms with Crippen LogP contribution < -0.4 is 5.11 Å². The van der Waals surface area contributed by atoms with Gasteiger partial charge < -0.3 is 5.11 Å². The Balaban J connectivity index is 0. The Morgan fingerprint density at radius 2 is 1.44 bits per heavy atom. The average molecular weight is 132 g/mol. The Bertz CT molecular complexity index is 80.8. The van der Waals surface area contributed by atoms with E-state index in [9.17, 15) is 0 Å². The predicted octanol–water partition coefficient (Wildman–Crippen LogP) is 0.0825. The van der Waals surface area contributed by atoms with Crippen LogP contribution in [0.15, 0.2) is 30.3 Å². The normalized spacial score (nSPS) is 6.00. The van der Waals surface area contributed by atoms with Crippen molar-refractivity contribution in [2.24, 2.45) is 0 Å². The summed E-state index contributed by atoms with van der Waals surface area (Å²) in [6.45, 7) is 0. The van der Waals surface area contributed by atoms with Crippen LogP contribution in [-0.4, -0.2) is 30.2 Å². The van der Waals surface area contributed by atoms with E-state index in [2.05, 4.69) is 6.07 Å². The van der Waals surface area contributed by atoms with E-state index in [4.69, 9.17) is 5.11 Å². The van der Waals surface area contributed by atoms with E-state index in [0.29, 0.717) is 0 Å². The number of hydrogen-bond acceptors (Lipinski definition) is 1. The zero-order valence-electron chi connectivity index (χ0n) is 5.50. The second-order valence-corrected chi connectivity index (χ2v) is 1.08. The molecule has 2 heteroatoms. The molecule has 0 atom stereocenters. The molecule has 0 aliphatic heterocycles. The van der Waals surface area contributed by atoms with E-state index in [1.807, 2.05) is 30.3 Å². The van der Waals surface area contributed by atoms with E-state index < -0.39 is 0 Å². The minimum Gasteiger partial charge on any atom is -0.857 e. The third-order valence-electron chi connectivity index (χ3n) is 0.607. The number of benzene rings is 1. The maximum atomic E-state index is 8.25. The van der Waals surface area contributed by atoms with E-state index in [0.717, 1.165) is 7.11 Å². The molecule has 0 heterocycles. The summed E-state index contributed by atoms with van der Waals surface area (Å²) in [5, 5.41) is 8.25. The molecule has 1 rings (SSSR count). The minimum absolute atomic E-state index is 0. The van der Waals surface area contributed by atoms with Crippen molar-refractivity contribution >= 4 is 23.1 Å². The van der Waals surface area contributed by atoms with Crippen LogP contribution in [0.25, 0.3) is 0 Å². The molecule has 0 N–H and O–H groups in total. The van der Waals surface area contributed by atoms with Gasteiger partial charge in [0.15, 0.2) is 0 Å². The van der Waals surface area contributed by atoms with Gasteiger partial charge >= 0.3 is 23.1 Å². The van der Waals surface area contributed by atoms with Crippen molar-refractivity contribution in [3.05, 3.63) is 36.4 Å². The second-order valence-electron chi connectivity index (χ2n) is 1.08. The molecule has 0 amide bonds. The van der Waals surface area contributed by atoms with Crippen molar-refractivity contribution in [1.82, 2.24) is 0 Å². The Kier molecular flexibility index (Phi) is 14.1. The van der Waals surface area contributed by atoms with Crippen molar-refractivity contribution in [3.63, 3.8) is 0 Å². The zero-order valence-corrected chi connectivity index (χ0v) is 6.92. The van der Waals surface area contributed by atoms with Crippen LogP contribution >= 0.6 is 0 Å². The molecular weight excluding hydrogens is 124 g/mol. The topological polar surface area (TPSA) is 23.1 Å². The van der Waals surface area contributed by atoms with Gasteiger partial charge in [-0.2, -0.15) is 43.5 Å². The SMILES string of the molecule is C[O-].[Mg+2].[c-]1ccccc1. The van der Waals surface area contributed by atoms with Crippen molar-refractivity contribution in [1.29, 1.82) is 0 Å². The first-order valence-electron chi connectivity index (χ1n) is 2.32. The molecule has 0 aromatic heterocycles. The molecule has 0 aliphatic carbocycles. The van der Waals surface area contributed by atoms with Crippen LogP contribution in [0.2, 0.25) is 0 Å². The molecule has 1 aromatic carbocycles. The molecule has 0 saturated heterocycles. The fraction of sp³-hybridized carbons (Fsp3) is 0.143. The van der Waals surface area contributed by atoms with Gasteiger partial charge in [-0.15, -0.1) is 0 Å². The van der Waals surface area contributed by atoms with Crippen LogP contribution in [0.3, 0.4) is 0 Å². The Hall–Kier alpha value is -0.0538. The van der Waals surface area contributed by atoms with Crippen molar-refractivity contribution in [2.45, 2.75) is 0 Å². The summed E-state index contributed by atoms with van der Waals surface area (Å²) in [6, 6.07) is 12.5. The number of hydrogen-bond donors (Lipinski definition) is 0. The van der Waals surface area contributed by atoms with Gasteiger partial charge in [0, 0.05) is 0 Å². The quantitative estimate of drug-likeness (QED) is 0.362. The maximum absolute atomic E-state index is 8.25. The summed E-state index contributed by atoms with van der Waals surface area (Å²) < 4.78 is 0. The van der Waals surface area contributed by atoms with Gasteiger partial charge in [-0.05, 0) is 0 Å². The van der Waals surface area contributed by atoms with Crippen molar-refractivity contribution in [2.75, 3.05) is 7.11 Å². The molecule has 0 unspecified atom stereocenters. The first kappa shape index (κ1) is 11.7. The second kappa shape index (κ2) is 10.8. The van der Waals surface area contributed by atoms with Gasteiger partial charge in [-0.25, -0.2) is 0 Å². The Morgan fingerprint density at radius 1 is 1.00 bits per heavy atom.